The van der Waals surface area contributed by atoms with Gasteiger partial charge in [-0.15, -0.1) is 0 Å². The molecule has 2 nitrogen and oxygen atoms in total. The molecule has 0 atom stereocenters. The molecule has 0 bridgehead atoms. The van der Waals surface area contributed by atoms with Crippen LogP contribution in [0.4, 0.5) is 34.1 Å². The van der Waals surface area contributed by atoms with Gasteiger partial charge in [-0.05, 0) is 94.4 Å². The van der Waals surface area contributed by atoms with Crippen molar-refractivity contribution in [3.63, 3.8) is 0 Å². The van der Waals surface area contributed by atoms with E-state index in [1.54, 1.807) is 0 Å². The summed E-state index contributed by atoms with van der Waals surface area (Å²) in [6, 6.07) is 43.7. The van der Waals surface area contributed by atoms with Crippen molar-refractivity contribution in [2.45, 2.75) is 27.7 Å². The highest BCUT2D eigenvalue weighted by Crippen LogP contribution is 2.40. The SMILES string of the molecule is Cc1ccc(N(c2ccc(C)cc2)c2cccc(N(c3ccc(C)cc3)c3ccc(C)cc3)c2)cc1. The Kier molecular flexibility index (Phi) is 6.60. The fraction of sp³-hybridized carbons (Fsp3) is 0.118. The summed E-state index contributed by atoms with van der Waals surface area (Å²) in [6.45, 7) is 8.51. The van der Waals surface area contributed by atoms with Gasteiger partial charge in [0.1, 0.15) is 0 Å². The van der Waals surface area contributed by atoms with Crippen LogP contribution in [0, 0.1) is 27.7 Å². The van der Waals surface area contributed by atoms with Gasteiger partial charge in [-0.3, -0.25) is 0 Å². The zero-order valence-corrected chi connectivity index (χ0v) is 21.4. The van der Waals surface area contributed by atoms with E-state index in [9.17, 15) is 0 Å². The summed E-state index contributed by atoms with van der Waals surface area (Å²) in [6.07, 6.45) is 0. The summed E-state index contributed by atoms with van der Waals surface area (Å²) in [4.78, 5) is 4.65. The van der Waals surface area contributed by atoms with Crippen molar-refractivity contribution in [1.29, 1.82) is 0 Å². The molecule has 178 valence electrons. The van der Waals surface area contributed by atoms with Crippen molar-refractivity contribution >= 4 is 34.1 Å². The molecule has 5 aromatic carbocycles. The van der Waals surface area contributed by atoms with Crippen LogP contribution in [-0.2, 0) is 0 Å². The van der Waals surface area contributed by atoms with Gasteiger partial charge < -0.3 is 9.80 Å². The second kappa shape index (κ2) is 10.1. The lowest BCUT2D eigenvalue weighted by molar-refractivity contribution is 1.24. The minimum atomic E-state index is 1.12. The van der Waals surface area contributed by atoms with Crippen LogP contribution in [0.15, 0.2) is 121 Å². The number of hydrogen-bond acceptors (Lipinski definition) is 2. The molecule has 0 saturated heterocycles. The summed E-state index contributed by atoms with van der Waals surface area (Å²) in [5.41, 5.74) is 11.8. The minimum absolute atomic E-state index is 1.12. The Hall–Kier alpha value is -4.30. The molecule has 0 heterocycles. The maximum atomic E-state index is 2.32. The molecule has 0 aliphatic rings. The second-order valence-electron chi connectivity index (χ2n) is 9.53. The summed E-state index contributed by atoms with van der Waals surface area (Å²) >= 11 is 0. The highest BCUT2D eigenvalue weighted by Gasteiger charge is 2.17. The molecule has 0 spiro atoms. The average molecular weight is 469 g/mol. The van der Waals surface area contributed by atoms with E-state index in [1.165, 1.54) is 22.3 Å². The first-order valence-corrected chi connectivity index (χ1v) is 12.4. The Labute approximate surface area is 215 Å². The third-order valence-electron chi connectivity index (χ3n) is 6.51. The zero-order chi connectivity index (χ0) is 25.1. The Bertz CT molecular complexity index is 1230. The lowest BCUT2D eigenvalue weighted by Gasteiger charge is -2.29. The van der Waals surface area contributed by atoms with Crippen molar-refractivity contribution in [3.8, 4) is 0 Å². The van der Waals surface area contributed by atoms with Crippen molar-refractivity contribution in [3.05, 3.63) is 144 Å². The molecule has 5 aromatic rings. The average Bonchev–Trinajstić information content (AvgIpc) is 2.89. The van der Waals surface area contributed by atoms with Crippen LogP contribution in [0.3, 0.4) is 0 Å². The quantitative estimate of drug-likeness (QED) is 0.245. The first-order chi connectivity index (χ1) is 17.5. The lowest BCUT2D eigenvalue weighted by Crippen LogP contribution is -2.13. The molecule has 0 amide bonds. The van der Waals surface area contributed by atoms with E-state index in [-0.39, 0.29) is 0 Å². The normalized spacial score (nSPS) is 10.8. The summed E-state index contributed by atoms with van der Waals surface area (Å²) < 4.78 is 0. The maximum absolute atomic E-state index is 2.32. The smallest absolute Gasteiger partial charge is 0.0482 e. The third kappa shape index (κ3) is 5.04. The molecule has 36 heavy (non-hydrogen) atoms. The van der Waals surface area contributed by atoms with Gasteiger partial charge in [0.05, 0.1) is 0 Å². The Balaban J connectivity index is 1.65. The standard InChI is InChI=1S/C34H32N2/c1-25-8-16-29(17-9-25)35(30-18-10-26(2)11-19-30)33-6-5-7-34(24-33)36(31-20-12-27(3)13-21-31)32-22-14-28(4)15-23-32/h5-24H,1-4H3. The molecule has 0 aliphatic carbocycles. The van der Waals surface area contributed by atoms with Crippen LogP contribution in [-0.4, -0.2) is 0 Å². The second-order valence-corrected chi connectivity index (χ2v) is 9.53. The predicted octanol–water partition coefficient (Wildman–Crippen LogP) is 9.86. The van der Waals surface area contributed by atoms with Crippen LogP contribution < -0.4 is 9.80 Å². The number of benzene rings is 5. The third-order valence-corrected chi connectivity index (χ3v) is 6.51. The predicted molar refractivity (Wildman–Crippen MR) is 155 cm³/mol. The van der Waals surface area contributed by atoms with E-state index in [2.05, 4.69) is 159 Å². The van der Waals surface area contributed by atoms with E-state index >= 15 is 0 Å². The summed E-state index contributed by atoms with van der Waals surface area (Å²) in [5.74, 6) is 0. The van der Waals surface area contributed by atoms with Crippen molar-refractivity contribution in [2.24, 2.45) is 0 Å². The van der Waals surface area contributed by atoms with Gasteiger partial charge in [0.25, 0.3) is 0 Å². The van der Waals surface area contributed by atoms with Gasteiger partial charge in [-0.1, -0.05) is 76.9 Å². The lowest BCUT2D eigenvalue weighted by atomic mass is 10.1. The fourth-order valence-corrected chi connectivity index (χ4v) is 4.44. The van der Waals surface area contributed by atoms with Gasteiger partial charge in [0.2, 0.25) is 0 Å². The van der Waals surface area contributed by atoms with Crippen LogP contribution in [0.2, 0.25) is 0 Å². The molecular formula is C34H32N2. The van der Waals surface area contributed by atoms with E-state index in [0.717, 1.165) is 34.1 Å². The van der Waals surface area contributed by atoms with Crippen LogP contribution >= 0.6 is 0 Å². The van der Waals surface area contributed by atoms with Crippen LogP contribution in [0.25, 0.3) is 0 Å². The molecule has 0 fully saturated rings. The monoisotopic (exact) mass is 468 g/mol. The summed E-state index contributed by atoms with van der Waals surface area (Å²) in [7, 11) is 0. The number of aryl methyl sites for hydroxylation is 4. The van der Waals surface area contributed by atoms with Crippen molar-refractivity contribution < 1.29 is 0 Å². The van der Waals surface area contributed by atoms with Crippen LogP contribution in [0.5, 0.6) is 0 Å². The van der Waals surface area contributed by atoms with E-state index < -0.39 is 0 Å². The number of hydrogen-bond donors (Lipinski definition) is 0. The largest absolute Gasteiger partial charge is 0.310 e. The highest BCUT2D eigenvalue weighted by molar-refractivity contribution is 5.83. The molecular weight excluding hydrogens is 436 g/mol. The first kappa shape index (κ1) is 23.4. The topological polar surface area (TPSA) is 6.48 Å². The first-order valence-electron chi connectivity index (χ1n) is 12.4. The molecule has 0 unspecified atom stereocenters. The molecule has 2 heteroatoms. The van der Waals surface area contributed by atoms with Crippen molar-refractivity contribution in [2.75, 3.05) is 9.80 Å². The molecule has 0 radical (unpaired) electrons. The molecule has 5 rings (SSSR count). The van der Waals surface area contributed by atoms with Crippen LogP contribution in [0.1, 0.15) is 22.3 Å². The maximum Gasteiger partial charge on any atom is 0.0482 e. The number of anilines is 6. The summed E-state index contributed by atoms with van der Waals surface area (Å²) in [5, 5.41) is 0. The highest BCUT2D eigenvalue weighted by atomic mass is 15.2. The van der Waals surface area contributed by atoms with E-state index in [0.29, 0.717) is 0 Å². The minimum Gasteiger partial charge on any atom is -0.310 e. The van der Waals surface area contributed by atoms with E-state index in [1.807, 2.05) is 0 Å². The number of nitrogens with zero attached hydrogens (tertiary/aromatic N) is 2. The van der Waals surface area contributed by atoms with Gasteiger partial charge in [0, 0.05) is 34.1 Å². The number of rotatable bonds is 6. The Morgan fingerprint density at radius 3 is 0.806 bits per heavy atom. The Morgan fingerprint density at radius 1 is 0.306 bits per heavy atom. The molecule has 0 aromatic heterocycles. The molecule has 0 aliphatic heterocycles. The van der Waals surface area contributed by atoms with Gasteiger partial charge in [-0.2, -0.15) is 0 Å². The molecule has 0 saturated carbocycles. The fourth-order valence-electron chi connectivity index (χ4n) is 4.44. The van der Waals surface area contributed by atoms with Gasteiger partial charge >= 0.3 is 0 Å². The van der Waals surface area contributed by atoms with E-state index in [4.69, 9.17) is 0 Å². The van der Waals surface area contributed by atoms with Gasteiger partial charge in [-0.25, -0.2) is 0 Å². The van der Waals surface area contributed by atoms with Gasteiger partial charge in [0.15, 0.2) is 0 Å². The molecule has 0 N–H and O–H groups in total. The Morgan fingerprint density at radius 2 is 0.556 bits per heavy atom. The van der Waals surface area contributed by atoms with Crippen molar-refractivity contribution in [1.82, 2.24) is 0 Å². The zero-order valence-electron chi connectivity index (χ0n) is 21.4.